The molecule has 0 aromatic carbocycles. The van der Waals surface area contributed by atoms with Crippen molar-refractivity contribution in [1.29, 1.82) is 0 Å². The molecule has 0 aliphatic carbocycles. The van der Waals surface area contributed by atoms with E-state index in [2.05, 4.69) is 9.47 Å². The molecule has 1 rings (SSSR count). The lowest BCUT2D eigenvalue weighted by Crippen LogP contribution is -2.70. The minimum atomic E-state index is -7.71. The van der Waals surface area contributed by atoms with E-state index in [4.69, 9.17) is 0 Å². The minimum absolute atomic E-state index is 1.39. The summed E-state index contributed by atoms with van der Waals surface area (Å²) in [5.41, 5.74) is 0. The van der Waals surface area contributed by atoms with Crippen LogP contribution in [0.2, 0.25) is 0 Å². The molecule has 0 spiro atoms. The molecule has 0 amide bonds. The molecular weight excluding hydrogens is 460 g/mol. The van der Waals surface area contributed by atoms with Gasteiger partial charge in [0.2, 0.25) is 0 Å². The van der Waals surface area contributed by atoms with Gasteiger partial charge in [-0.1, -0.05) is 0 Å². The zero-order valence-electron chi connectivity index (χ0n) is 12.0. The van der Waals surface area contributed by atoms with Gasteiger partial charge in [0.05, 0.1) is 0 Å². The molecule has 168 valence electrons. The molecule has 2 unspecified atom stereocenters. The molecule has 1 saturated heterocycles. The number of hydrogen-bond acceptors (Lipinski definition) is 3. The third-order valence-electron chi connectivity index (χ3n) is 2.86. The molecule has 28 heavy (non-hydrogen) atoms. The fourth-order valence-corrected chi connectivity index (χ4v) is 1.32. The SMILES string of the molecule is FC(F)(F)C(F)(F)C(F)(F)OC(F)(C(F)(F)F)C(F)(F)OC1(F)OCC1(F)F. The lowest BCUT2D eigenvalue weighted by Gasteiger charge is -2.45. The maximum absolute atomic E-state index is 13.6. The van der Waals surface area contributed by atoms with Gasteiger partial charge in [0.1, 0.15) is 6.61 Å². The van der Waals surface area contributed by atoms with Gasteiger partial charge in [0.25, 0.3) is 0 Å². The molecule has 0 bridgehead atoms. The van der Waals surface area contributed by atoms with Crippen LogP contribution in [-0.4, -0.2) is 54.9 Å². The Morgan fingerprint density at radius 1 is 0.643 bits per heavy atom. The number of ether oxygens (including phenoxy) is 3. The van der Waals surface area contributed by atoms with Crippen molar-refractivity contribution in [2.75, 3.05) is 6.61 Å². The fourth-order valence-electron chi connectivity index (χ4n) is 1.32. The second-order valence-corrected chi connectivity index (χ2v) is 4.93. The maximum Gasteiger partial charge on any atom is 0.462 e. The molecule has 0 saturated carbocycles. The predicted octanol–water partition coefficient (Wildman–Crippen LogP) is 4.92. The first-order valence-electron chi connectivity index (χ1n) is 5.94. The van der Waals surface area contributed by atoms with Gasteiger partial charge in [0.15, 0.2) is 0 Å². The van der Waals surface area contributed by atoms with Crippen molar-refractivity contribution >= 4 is 0 Å². The summed E-state index contributed by atoms with van der Waals surface area (Å²) in [6.45, 7) is -2.14. The van der Waals surface area contributed by atoms with Crippen LogP contribution < -0.4 is 0 Å². The molecule has 1 aliphatic rings. The Bertz CT molecular complexity index is 595. The molecule has 0 aromatic rings. The van der Waals surface area contributed by atoms with E-state index in [0.29, 0.717) is 0 Å². The van der Waals surface area contributed by atoms with Crippen LogP contribution in [0.25, 0.3) is 0 Å². The molecule has 2 atom stereocenters. The second kappa shape index (κ2) is 6.13. The number of rotatable bonds is 6. The first kappa shape index (κ1) is 24.8. The van der Waals surface area contributed by atoms with Gasteiger partial charge in [-0.2, -0.15) is 70.2 Å². The summed E-state index contributed by atoms with van der Waals surface area (Å²) in [4.78, 5) is 0. The Morgan fingerprint density at radius 2 is 1.07 bits per heavy atom. The van der Waals surface area contributed by atoms with Crippen LogP contribution in [0.3, 0.4) is 0 Å². The van der Waals surface area contributed by atoms with Gasteiger partial charge in [-0.25, -0.2) is 4.74 Å². The van der Waals surface area contributed by atoms with E-state index in [1.165, 1.54) is 4.74 Å². The Kier molecular flexibility index (Phi) is 5.43. The molecule has 0 aromatic heterocycles. The van der Waals surface area contributed by atoms with Crippen LogP contribution in [-0.2, 0) is 14.2 Å². The highest BCUT2D eigenvalue weighted by atomic mass is 19.4. The van der Waals surface area contributed by atoms with Crippen molar-refractivity contribution in [3.8, 4) is 0 Å². The Balaban J connectivity index is 3.40. The largest absolute Gasteiger partial charge is 0.462 e. The van der Waals surface area contributed by atoms with Crippen LogP contribution in [0.5, 0.6) is 0 Å². The fraction of sp³-hybridized carbons (Fsp3) is 1.00. The van der Waals surface area contributed by atoms with Crippen LogP contribution in [0, 0.1) is 0 Å². The highest BCUT2D eigenvalue weighted by Crippen LogP contribution is 2.57. The molecule has 1 heterocycles. The molecule has 19 heteroatoms. The maximum atomic E-state index is 13.6. The van der Waals surface area contributed by atoms with Crippen molar-refractivity contribution in [1.82, 2.24) is 0 Å². The normalized spacial score (nSPS) is 26.6. The van der Waals surface area contributed by atoms with Crippen LogP contribution in [0.4, 0.5) is 70.2 Å². The summed E-state index contributed by atoms with van der Waals surface area (Å²) in [6, 6.07) is -5.59. The van der Waals surface area contributed by atoms with E-state index in [9.17, 15) is 70.2 Å². The second-order valence-electron chi connectivity index (χ2n) is 4.93. The highest BCUT2D eigenvalue weighted by Gasteiger charge is 2.85. The van der Waals surface area contributed by atoms with E-state index >= 15 is 0 Å². The summed E-state index contributed by atoms with van der Waals surface area (Å²) >= 11 is 0. The molecule has 1 fully saturated rings. The monoisotopic (exact) mass is 462 g/mol. The summed E-state index contributed by atoms with van der Waals surface area (Å²) in [7, 11) is 0. The third kappa shape index (κ3) is 3.55. The van der Waals surface area contributed by atoms with Gasteiger partial charge < -0.3 is 4.74 Å². The Labute approximate surface area is 141 Å². The lowest BCUT2D eigenvalue weighted by molar-refractivity contribution is -0.588. The first-order chi connectivity index (χ1) is 11.9. The van der Waals surface area contributed by atoms with Crippen molar-refractivity contribution in [2.45, 2.75) is 48.3 Å². The van der Waals surface area contributed by atoms with Crippen LogP contribution in [0.1, 0.15) is 0 Å². The Hall–Kier alpha value is -1.24. The van der Waals surface area contributed by atoms with Gasteiger partial charge in [-0.3, -0.25) is 4.74 Å². The molecule has 1 aliphatic heterocycles. The van der Waals surface area contributed by atoms with E-state index in [1.54, 1.807) is 0 Å². The van der Waals surface area contributed by atoms with Gasteiger partial charge >= 0.3 is 48.3 Å². The average Bonchev–Trinajstić information content (AvgIpc) is 2.42. The average molecular weight is 462 g/mol. The van der Waals surface area contributed by atoms with Crippen LogP contribution >= 0.6 is 0 Å². The number of hydrogen-bond donors (Lipinski definition) is 0. The molecule has 0 radical (unpaired) electrons. The summed E-state index contributed by atoms with van der Waals surface area (Å²) in [5, 5.41) is 0. The van der Waals surface area contributed by atoms with Crippen molar-refractivity contribution in [3.63, 3.8) is 0 Å². The lowest BCUT2D eigenvalue weighted by atomic mass is 10.2. The zero-order valence-corrected chi connectivity index (χ0v) is 12.0. The van der Waals surface area contributed by atoms with Crippen molar-refractivity contribution in [3.05, 3.63) is 0 Å². The quantitative estimate of drug-likeness (QED) is 0.525. The summed E-state index contributed by atoms with van der Waals surface area (Å²) < 4.78 is 209. The molecule has 0 N–H and O–H groups in total. The molecule has 3 nitrogen and oxygen atoms in total. The number of alkyl halides is 16. The predicted molar refractivity (Wildman–Crippen MR) is 47.7 cm³/mol. The summed E-state index contributed by atoms with van der Waals surface area (Å²) in [5.74, 6) is -20.6. The van der Waals surface area contributed by atoms with Crippen molar-refractivity contribution in [2.24, 2.45) is 0 Å². The zero-order chi connectivity index (χ0) is 22.8. The first-order valence-corrected chi connectivity index (χ1v) is 5.94. The topological polar surface area (TPSA) is 27.7 Å². The van der Waals surface area contributed by atoms with Crippen molar-refractivity contribution < 1.29 is 84.5 Å². The highest BCUT2D eigenvalue weighted by molar-refractivity contribution is 4.96. The van der Waals surface area contributed by atoms with E-state index in [1.807, 2.05) is 0 Å². The van der Waals surface area contributed by atoms with Gasteiger partial charge in [0, 0.05) is 0 Å². The minimum Gasteiger partial charge on any atom is -0.312 e. The van der Waals surface area contributed by atoms with E-state index in [0.717, 1.165) is 0 Å². The summed E-state index contributed by atoms with van der Waals surface area (Å²) in [6.07, 6.45) is -30.2. The van der Waals surface area contributed by atoms with Gasteiger partial charge in [-0.05, 0) is 0 Å². The van der Waals surface area contributed by atoms with E-state index in [-0.39, 0.29) is 0 Å². The Morgan fingerprint density at radius 3 is 1.32 bits per heavy atom. The van der Waals surface area contributed by atoms with E-state index < -0.39 is 54.9 Å². The standard InChI is InChI=1S/C9H2F16O3/c10-2(11)1-26-9(2,25)28-8(23,24)4(14,6(18,19)20)27-7(21,22)3(12,13)5(15,16)17/h1H2. The smallest absolute Gasteiger partial charge is 0.312 e. The van der Waals surface area contributed by atoms with Gasteiger partial charge in [-0.15, -0.1) is 0 Å². The third-order valence-corrected chi connectivity index (χ3v) is 2.86. The number of halogens is 16. The molecular formula is C9H2F16O3. The van der Waals surface area contributed by atoms with Crippen LogP contribution in [0.15, 0.2) is 0 Å².